The molecule has 0 spiro atoms. The number of hydrogen-bond donors (Lipinski definition) is 5. The van der Waals surface area contributed by atoms with Crippen LogP contribution in [-0.2, 0) is 14.3 Å². The fourth-order valence-corrected chi connectivity index (χ4v) is 1.81. The molecule has 4 unspecified atom stereocenters. The monoisotopic (exact) mass is 279 g/mol. The van der Waals surface area contributed by atoms with E-state index in [0.717, 1.165) is 0 Å². The molecule has 1 aliphatic heterocycles. The van der Waals surface area contributed by atoms with E-state index in [1.54, 1.807) is 0 Å². The molecule has 0 aromatic carbocycles. The van der Waals surface area contributed by atoms with Crippen molar-refractivity contribution in [3.05, 3.63) is 0 Å². The molecule has 1 amide bonds. The van der Waals surface area contributed by atoms with E-state index in [1.165, 1.54) is 0 Å². The lowest BCUT2D eigenvalue weighted by Gasteiger charge is -2.39. The van der Waals surface area contributed by atoms with Crippen molar-refractivity contribution in [2.45, 2.75) is 50.0 Å². The maximum atomic E-state index is 10.5. The van der Waals surface area contributed by atoms with E-state index in [4.69, 9.17) is 20.3 Å². The topological polar surface area (TPSA) is 142 Å². The number of ether oxygens (including phenoxy) is 2. The summed E-state index contributed by atoms with van der Waals surface area (Å²) in [6.45, 7) is -0.289. The second-order valence-corrected chi connectivity index (χ2v) is 4.49. The number of carbonyl (C=O) groups excluding carboxylic acids is 1. The predicted octanol–water partition coefficient (Wildman–Crippen LogP) is -2.54. The molecule has 0 radical (unpaired) electrons. The number of aliphatic hydroxyl groups is 4. The standard InChI is InChI=1S/C11H21NO7/c12-7(14)3-1-2-4-18-11-10(17)9(16)8(15)6(5-13)19-11/h6,8-11,13,15-17H,1-5H2,(H2,12,14)/t6?,8?,9?,10-,11?/m1/s1. The maximum Gasteiger partial charge on any atom is 0.217 e. The molecule has 5 atom stereocenters. The van der Waals surface area contributed by atoms with Gasteiger partial charge in [0.25, 0.3) is 0 Å². The number of rotatable bonds is 7. The summed E-state index contributed by atoms with van der Waals surface area (Å²) in [4.78, 5) is 10.5. The van der Waals surface area contributed by atoms with Crippen LogP contribution >= 0.6 is 0 Å². The Morgan fingerprint density at radius 2 is 1.84 bits per heavy atom. The average molecular weight is 279 g/mol. The van der Waals surface area contributed by atoms with Crippen LogP contribution in [0.25, 0.3) is 0 Å². The largest absolute Gasteiger partial charge is 0.394 e. The fourth-order valence-electron chi connectivity index (χ4n) is 1.81. The van der Waals surface area contributed by atoms with Crippen molar-refractivity contribution >= 4 is 5.91 Å². The molecular formula is C11H21NO7. The first kappa shape index (κ1) is 16.3. The van der Waals surface area contributed by atoms with Gasteiger partial charge in [-0.1, -0.05) is 0 Å². The molecule has 112 valence electrons. The highest BCUT2D eigenvalue weighted by molar-refractivity contribution is 5.73. The van der Waals surface area contributed by atoms with Crippen molar-refractivity contribution in [1.29, 1.82) is 0 Å². The first-order valence-corrected chi connectivity index (χ1v) is 6.17. The second-order valence-electron chi connectivity index (χ2n) is 4.49. The molecule has 6 N–H and O–H groups in total. The van der Waals surface area contributed by atoms with Gasteiger partial charge in [0, 0.05) is 13.0 Å². The zero-order chi connectivity index (χ0) is 14.4. The van der Waals surface area contributed by atoms with Crippen LogP contribution in [0.15, 0.2) is 0 Å². The van der Waals surface area contributed by atoms with Crippen molar-refractivity contribution < 1.29 is 34.7 Å². The molecule has 0 aromatic rings. The highest BCUT2D eigenvalue weighted by Gasteiger charge is 2.43. The number of primary amides is 1. The van der Waals surface area contributed by atoms with Crippen molar-refractivity contribution in [2.24, 2.45) is 5.73 Å². The molecule has 1 aliphatic rings. The number of carbonyl (C=O) groups is 1. The number of nitrogens with two attached hydrogens (primary N) is 1. The zero-order valence-electron chi connectivity index (χ0n) is 10.5. The third kappa shape index (κ3) is 4.68. The molecule has 0 aliphatic carbocycles. The van der Waals surface area contributed by atoms with Crippen molar-refractivity contribution in [1.82, 2.24) is 0 Å². The summed E-state index contributed by atoms with van der Waals surface area (Å²) in [6, 6.07) is 0. The quantitative estimate of drug-likeness (QED) is 0.323. The first-order valence-electron chi connectivity index (χ1n) is 6.17. The van der Waals surface area contributed by atoms with Gasteiger partial charge in [0.2, 0.25) is 5.91 Å². The summed E-state index contributed by atoms with van der Waals surface area (Å²) < 4.78 is 10.4. The Morgan fingerprint density at radius 3 is 2.42 bits per heavy atom. The molecule has 1 rings (SSSR count). The fraction of sp³-hybridized carbons (Fsp3) is 0.909. The highest BCUT2D eigenvalue weighted by Crippen LogP contribution is 2.22. The van der Waals surface area contributed by atoms with E-state index in [1.807, 2.05) is 0 Å². The van der Waals surface area contributed by atoms with Gasteiger partial charge in [-0.3, -0.25) is 4.79 Å². The van der Waals surface area contributed by atoms with Gasteiger partial charge < -0.3 is 35.6 Å². The van der Waals surface area contributed by atoms with E-state index in [-0.39, 0.29) is 13.0 Å². The van der Waals surface area contributed by atoms with Gasteiger partial charge in [0.1, 0.15) is 24.4 Å². The Kier molecular flexibility index (Phi) is 6.63. The van der Waals surface area contributed by atoms with Gasteiger partial charge >= 0.3 is 0 Å². The lowest BCUT2D eigenvalue weighted by molar-refractivity contribution is -0.301. The minimum absolute atomic E-state index is 0.204. The predicted molar refractivity (Wildman–Crippen MR) is 62.8 cm³/mol. The van der Waals surface area contributed by atoms with E-state index in [0.29, 0.717) is 12.8 Å². The summed E-state index contributed by atoms with van der Waals surface area (Å²) in [6.07, 6.45) is -4.99. The third-order valence-corrected chi connectivity index (χ3v) is 2.95. The van der Waals surface area contributed by atoms with Crippen LogP contribution in [0.5, 0.6) is 0 Å². The molecule has 1 saturated heterocycles. The van der Waals surface area contributed by atoms with Gasteiger partial charge in [-0.25, -0.2) is 0 Å². The molecule has 1 heterocycles. The van der Waals surface area contributed by atoms with E-state index in [9.17, 15) is 20.1 Å². The Labute approximate surface area is 110 Å². The summed E-state index contributed by atoms with van der Waals surface area (Å²) in [5.74, 6) is -0.396. The van der Waals surface area contributed by atoms with E-state index in [2.05, 4.69) is 0 Å². The zero-order valence-corrected chi connectivity index (χ0v) is 10.5. The molecule has 0 bridgehead atoms. The van der Waals surface area contributed by atoms with Crippen LogP contribution in [0.2, 0.25) is 0 Å². The average Bonchev–Trinajstić information content (AvgIpc) is 2.37. The van der Waals surface area contributed by atoms with Crippen molar-refractivity contribution in [2.75, 3.05) is 13.2 Å². The number of amides is 1. The van der Waals surface area contributed by atoms with Crippen molar-refractivity contribution in [3.8, 4) is 0 Å². The first-order chi connectivity index (χ1) is 8.97. The Balaban J connectivity index is 2.33. The second kappa shape index (κ2) is 7.73. The van der Waals surface area contributed by atoms with Gasteiger partial charge in [0.15, 0.2) is 6.29 Å². The lowest BCUT2D eigenvalue weighted by Crippen LogP contribution is -2.59. The normalized spacial score (nSPS) is 35.3. The summed E-state index contributed by atoms with van der Waals surface area (Å²) in [7, 11) is 0. The highest BCUT2D eigenvalue weighted by atomic mass is 16.7. The minimum Gasteiger partial charge on any atom is -0.394 e. The van der Waals surface area contributed by atoms with Crippen LogP contribution < -0.4 is 5.73 Å². The van der Waals surface area contributed by atoms with Gasteiger partial charge in [-0.05, 0) is 12.8 Å². The van der Waals surface area contributed by atoms with Gasteiger partial charge in [-0.15, -0.1) is 0 Å². The summed E-state index contributed by atoms with van der Waals surface area (Å²) >= 11 is 0. The Bertz CT molecular complexity index is 286. The smallest absolute Gasteiger partial charge is 0.217 e. The number of aliphatic hydroxyl groups excluding tert-OH is 4. The Hall–Kier alpha value is -0.770. The van der Waals surface area contributed by atoms with E-state index < -0.39 is 43.2 Å². The van der Waals surface area contributed by atoms with Crippen LogP contribution in [0, 0.1) is 0 Å². The number of hydrogen-bond acceptors (Lipinski definition) is 7. The van der Waals surface area contributed by atoms with Crippen LogP contribution in [-0.4, -0.2) is 70.3 Å². The van der Waals surface area contributed by atoms with Crippen LogP contribution in [0.4, 0.5) is 0 Å². The van der Waals surface area contributed by atoms with Crippen molar-refractivity contribution in [3.63, 3.8) is 0 Å². The third-order valence-electron chi connectivity index (χ3n) is 2.95. The summed E-state index contributed by atoms with van der Waals surface area (Å²) in [5, 5.41) is 37.7. The maximum absolute atomic E-state index is 10.5. The molecule has 19 heavy (non-hydrogen) atoms. The molecule has 1 fully saturated rings. The lowest BCUT2D eigenvalue weighted by atomic mass is 9.99. The SMILES string of the molecule is NC(=O)CCCCOC1OC(CO)C(O)C(O)[C@H]1O. The molecular weight excluding hydrogens is 258 g/mol. The van der Waals surface area contributed by atoms with Crippen LogP contribution in [0.1, 0.15) is 19.3 Å². The van der Waals surface area contributed by atoms with Gasteiger partial charge in [0.05, 0.1) is 6.61 Å². The molecule has 8 heteroatoms. The molecule has 8 nitrogen and oxygen atoms in total. The van der Waals surface area contributed by atoms with Crippen LogP contribution in [0.3, 0.4) is 0 Å². The minimum atomic E-state index is -1.44. The van der Waals surface area contributed by atoms with E-state index >= 15 is 0 Å². The molecule has 0 aromatic heterocycles. The Morgan fingerprint density at radius 1 is 1.16 bits per heavy atom. The summed E-state index contributed by atoms with van der Waals surface area (Å²) in [5.41, 5.74) is 4.98. The van der Waals surface area contributed by atoms with Gasteiger partial charge in [-0.2, -0.15) is 0 Å². The molecule has 0 saturated carbocycles. The number of unbranched alkanes of at least 4 members (excludes halogenated alkanes) is 1.